The van der Waals surface area contributed by atoms with Gasteiger partial charge >= 0.3 is 7.12 Å². The summed E-state index contributed by atoms with van der Waals surface area (Å²) in [5.41, 5.74) is 7.33. The van der Waals surface area contributed by atoms with E-state index in [1.807, 2.05) is 12.1 Å². The summed E-state index contributed by atoms with van der Waals surface area (Å²) >= 11 is 0. The van der Waals surface area contributed by atoms with Crippen molar-refractivity contribution < 1.29 is 9.31 Å². The summed E-state index contributed by atoms with van der Waals surface area (Å²) in [5, 5.41) is 2.45. The molecule has 0 bridgehead atoms. The van der Waals surface area contributed by atoms with Crippen molar-refractivity contribution in [3.8, 4) is 0 Å². The van der Waals surface area contributed by atoms with Crippen LogP contribution in [-0.2, 0) is 9.31 Å². The second-order valence-electron chi connectivity index (χ2n) is 7.12. The molecule has 2 aromatic carbocycles. The Hall–Kier alpha value is -1.62. The van der Waals surface area contributed by atoms with Crippen molar-refractivity contribution in [1.82, 2.24) is 0 Å². The fourth-order valence-corrected chi connectivity index (χ4v) is 2.73. The van der Waals surface area contributed by atoms with Crippen molar-refractivity contribution in [2.45, 2.75) is 38.9 Å². The van der Waals surface area contributed by atoms with E-state index in [0.29, 0.717) is 6.54 Å². The van der Waals surface area contributed by atoms with Crippen molar-refractivity contribution >= 4 is 24.0 Å². The lowest BCUT2D eigenvalue weighted by molar-refractivity contribution is 0.00578. The Morgan fingerprint density at radius 3 is 2.22 bits per heavy atom. The Kier molecular flexibility index (Phi) is 4.09. The van der Waals surface area contributed by atoms with Crippen LogP contribution in [0.5, 0.6) is 0 Å². The van der Waals surface area contributed by atoms with Gasteiger partial charge in [-0.1, -0.05) is 42.5 Å². The number of hydrogen-bond acceptors (Lipinski definition) is 3. The summed E-state index contributed by atoms with van der Waals surface area (Å²) in [6.45, 7) is 8.62. The van der Waals surface area contributed by atoms with Gasteiger partial charge < -0.3 is 15.0 Å². The SMILES string of the molecule is CC1(C)OB(C(=Cc2ccc3ccccc3c2)CN)OC1(C)C. The number of benzene rings is 2. The summed E-state index contributed by atoms with van der Waals surface area (Å²) in [5.74, 6) is 0. The molecule has 0 atom stereocenters. The molecule has 1 fully saturated rings. The summed E-state index contributed by atoms with van der Waals surface area (Å²) in [4.78, 5) is 0. The van der Waals surface area contributed by atoms with Crippen LogP contribution < -0.4 is 5.73 Å². The van der Waals surface area contributed by atoms with E-state index in [0.717, 1.165) is 11.0 Å². The molecule has 0 radical (unpaired) electrons. The number of nitrogens with two attached hydrogens (primary N) is 1. The molecule has 120 valence electrons. The Labute approximate surface area is 138 Å². The van der Waals surface area contributed by atoms with E-state index < -0.39 is 7.12 Å². The van der Waals surface area contributed by atoms with Gasteiger partial charge in [-0.05, 0) is 55.6 Å². The van der Waals surface area contributed by atoms with Crippen LogP contribution in [0.15, 0.2) is 47.9 Å². The highest BCUT2D eigenvalue weighted by atomic mass is 16.7. The number of fused-ring (bicyclic) bond motifs is 1. The predicted molar refractivity (Wildman–Crippen MR) is 97.1 cm³/mol. The Morgan fingerprint density at radius 2 is 1.61 bits per heavy atom. The van der Waals surface area contributed by atoms with E-state index >= 15 is 0 Å². The van der Waals surface area contributed by atoms with Crippen molar-refractivity contribution in [3.63, 3.8) is 0 Å². The molecule has 0 unspecified atom stereocenters. The molecule has 1 aliphatic rings. The van der Waals surface area contributed by atoms with E-state index in [9.17, 15) is 0 Å². The first-order valence-corrected chi connectivity index (χ1v) is 8.07. The lowest BCUT2D eigenvalue weighted by Gasteiger charge is -2.32. The quantitative estimate of drug-likeness (QED) is 0.877. The van der Waals surface area contributed by atoms with Gasteiger partial charge in [-0.15, -0.1) is 0 Å². The minimum absolute atomic E-state index is 0.352. The Balaban J connectivity index is 1.92. The fourth-order valence-electron chi connectivity index (χ4n) is 2.73. The van der Waals surface area contributed by atoms with Crippen molar-refractivity contribution in [1.29, 1.82) is 0 Å². The third-order valence-corrected chi connectivity index (χ3v) is 4.92. The summed E-state index contributed by atoms with van der Waals surface area (Å²) < 4.78 is 12.2. The van der Waals surface area contributed by atoms with Crippen LogP contribution >= 0.6 is 0 Å². The first-order chi connectivity index (χ1) is 10.8. The van der Waals surface area contributed by atoms with Gasteiger partial charge in [0.05, 0.1) is 11.2 Å². The van der Waals surface area contributed by atoms with E-state index in [4.69, 9.17) is 15.0 Å². The van der Waals surface area contributed by atoms with Crippen LogP contribution in [-0.4, -0.2) is 24.9 Å². The minimum atomic E-state index is -0.392. The van der Waals surface area contributed by atoms with Gasteiger partial charge in [0, 0.05) is 6.54 Å². The Bertz CT molecular complexity index is 736. The highest BCUT2D eigenvalue weighted by Crippen LogP contribution is 2.38. The molecule has 2 N–H and O–H groups in total. The van der Waals surface area contributed by atoms with Crippen LogP contribution in [0.4, 0.5) is 0 Å². The maximum Gasteiger partial charge on any atom is 0.491 e. The zero-order valence-electron chi connectivity index (χ0n) is 14.3. The molecule has 3 rings (SSSR count). The summed E-state index contributed by atoms with van der Waals surface area (Å²) in [6, 6.07) is 14.7. The topological polar surface area (TPSA) is 44.5 Å². The molecule has 3 nitrogen and oxygen atoms in total. The molecule has 0 spiro atoms. The number of hydrogen-bond donors (Lipinski definition) is 1. The molecular formula is C19H24BNO2. The molecule has 4 heteroatoms. The second kappa shape index (κ2) is 5.79. The molecule has 1 saturated heterocycles. The smallest absolute Gasteiger partial charge is 0.400 e. The van der Waals surface area contributed by atoms with Gasteiger partial charge in [0.25, 0.3) is 0 Å². The normalized spacial score (nSPS) is 20.2. The van der Waals surface area contributed by atoms with Crippen LogP contribution in [0.1, 0.15) is 33.3 Å². The van der Waals surface area contributed by atoms with Gasteiger partial charge in [-0.3, -0.25) is 0 Å². The monoisotopic (exact) mass is 309 g/mol. The van der Waals surface area contributed by atoms with Crippen LogP contribution in [0.25, 0.3) is 16.8 Å². The van der Waals surface area contributed by atoms with Crippen LogP contribution in [0.2, 0.25) is 0 Å². The highest BCUT2D eigenvalue weighted by Gasteiger charge is 2.52. The van der Waals surface area contributed by atoms with Gasteiger partial charge in [-0.25, -0.2) is 0 Å². The number of rotatable bonds is 3. The summed E-state index contributed by atoms with van der Waals surface area (Å²) in [6.07, 6.45) is 2.08. The minimum Gasteiger partial charge on any atom is -0.400 e. The van der Waals surface area contributed by atoms with Gasteiger partial charge in [0.1, 0.15) is 0 Å². The molecule has 0 aromatic heterocycles. The van der Waals surface area contributed by atoms with E-state index in [-0.39, 0.29) is 11.2 Å². The van der Waals surface area contributed by atoms with Gasteiger partial charge in [0.2, 0.25) is 0 Å². The van der Waals surface area contributed by atoms with Crippen LogP contribution in [0, 0.1) is 0 Å². The molecule has 2 aromatic rings. The van der Waals surface area contributed by atoms with Crippen molar-refractivity contribution in [2.24, 2.45) is 5.73 Å². The molecule has 1 heterocycles. The molecule has 23 heavy (non-hydrogen) atoms. The third kappa shape index (κ3) is 3.07. The van der Waals surface area contributed by atoms with E-state index in [1.165, 1.54) is 10.8 Å². The first kappa shape index (κ1) is 16.3. The molecule has 0 amide bonds. The molecular weight excluding hydrogens is 285 g/mol. The molecule has 0 aliphatic carbocycles. The Morgan fingerprint density at radius 1 is 1.00 bits per heavy atom. The molecule has 1 aliphatic heterocycles. The third-order valence-electron chi connectivity index (χ3n) is 4.92. The maximum atomic E-state index is 6.11. The highest BCUT2D eigenvalue weighted by molar-refractivity contribution is 6.55. The van der Waals surface area contributed by atoms with Crippen molar-refractivity contribution in [2.75, 3.05) is 6.54 Å². The van der Waals surface area contributed by atoms with E-state index in [2.05, 4.69) is 64.1 Å². The lowest BCUT2D eigenvalue weighted by atomic mass is 9.77. The van der Waals surface area contributed by atoms with Gasteiger partial charge in [0.15, 0.2) is 0 Å². The first-order valence-electron chi connectivity index (χ1n) is 8.07. The van der Waals surface area contributed by atoms with Crippen LogP contribution in [0.3, 0.4) is 0 Å². The average molecular weight is 309 g/mol. The summed E-state index contributed by atoms with van der Waals surface area (Å²) in [7, 11) is -0.392. The standard InChI is InChI=1S/C19H24BNO2/c1-18(2)19(3,4)23-20(22-18)17(13-21)12-14-9-10-15-7-5-6-8-16(15)11-14/h5-12H,13,21H2,1-4H3. The van der Waals surface area contributed by atoms with Gasteiger partial charge in [-0.2, -0.15) is 0 Å². The fraction of sp³-hybridized carbons (Fsp3) is 0.368. The average Bonchev–Trinajstić information content (AvgIpc) is 2.72. The van der Waals surface area contributed by atoms with E-state index in [1.54, 1.807) is 0 Å². The predicted octanol–water partition coefficient (Wildman–Crippen LogP) is 3.81. The zero-order valence-corrected chi connectivity index (χ0v) is 14.3. The largest absolute Gasteiger partial charge is 0.491 e. The maximum absolute atomic E-state index is 6.11. The second-order valence-corrected chi connectivity index (χ2v) is 7.12. The van der Waals surface area contributed by atoms with Crippen molar-refractivity contribution in [3.05, 3.63) is 53.5 Å². The zero-order chi connectivity index (χ0) is 16.7. The molecule has 0 saturated carbocycles. The lowest BCUT2D eigenvalue weighted by Crippen LogP contribution is -2.41.